The third-order valence-electron chi connectivity index (χ3n) is 2.89. The fraction of sp³-hybridized carbons (Fsp3) is 0.286. The lowest BCUT2D eigenvalue weighted by molar-refractivity contribution is 0.0525. The molecule has 2 heterocycles. The molecule has 0 aliphatic carbocycles. The molecule has 18 heavy (non-hydrogen) atoms. The summed E-state index contributed by atoms with van der Waals surface area (Å²) in [5.74, 6) is -0.274. The second kappa shape index (κ2) is 5.04. The maximum absolute atomic E-state index is 11.9. The van der Waals surface area contributed by atoms with Crippen LogP contribution in [0.4, 0.5) is 0 Å². The summed E-state index contributed by atoms with van der Waals surface area (Å²) in [6.45, 7) is 5.99. The van der Waals surface area contributed by atoms with Gasteiger partial charge in [0.25, 0.3) is 0 Å². The van der Waals surface area contributed by atoms with Crippen molar-refractivity contribution < 1.29 is 9.53 Å². The van der Waals surface area contributed by atoms with Gasteiger partial charge in [-0.05, 0) is 38.5 Å². The normalized spacial score (nSPS) is 10.4. The second-order valence-corrected chi connectivity index (χ2v) is 4.08. The maximum Gasteiger partial charge on any atom is 0.340 e. The molecule has 0 aliphatic rings. The highest BCUT2D eigenvalue weighted by Gasteiger charge is 2.19. The molecule has 0 saturated carbocycles. The Bertz CT molecular complexity index is 559. The van der Waals surface area contributed by atoms with E-state index in [2.05, 4.69) is 9.97 Å². The molecule has 4 nitrogen and oxygen atoms in total. The first kappa shape index (κ1) is 12.4. The molecule has 2 rings (SSSR count). The van der Waals surface area contributed by atoms with Crippen molar-refractivity contribution in [2.45, 2.75) is 20.8 Å². The highest BCUT2D eigenvalue weighted by molar-refractivity contribution is 5.94. The van der Waals surface area contributed by atoms with E-state index in [1.54, 1.807) is 19.3 Å². The average Bonchev–Trinajstić information content (AvgIpc) is 2.66. The third kappa shape index (κ3) is 2.14. The van der Waals surface area contributed by atoms with Crippen molar-refractivity contribution >= 4 is 5.97 Å². The van der Waals surface area contributed by atoms with Gasteiger partial charge in [0.05, 0.1) is 12.2 Å². The zero-order valence-electron chi connectivity index (χ0n) is 10.8. The molecule has 2 aromatic rings. The van der Waals surface area contributed by atoms with Gasteiger partial charge in [0, 0.05) is 29.3 Å². The number of rotatable bonds is 3. The van der Waals surface area contributed by atoms with Crippen LogP contribution >= 0.6 is 0 Å². The van der Waals surface area contributed by atoms with E-state index < -0.39 is 0 Å². The smallest absolute Gasteiger partial charge is 0.340 e. The van der Waals surface area contributed by atoms with Crippen molar-refractivity contribution in [3.05, 3.63) is 41.3 Å². The molecule has 0 radical (unpaired) electrons. The van der Waals surface area contributed by atoms with Gasteiger partial charge in [0.2, 0.25) is 0 Å². The van der Waals surface area contributed by atoms with E-state index in [0.717, 1.165) is 22.5 Å². The summed E-state index contributed by atoms with van der Waals surface area (Å²) in [5, 5.41) is 0. The number of aromatic nitrogens is 2. The summed E-state index contributed by atoms with van der Waals surface area (Å²) >= 11 is 0. The van der Waals surface area contributed by atoms with Gasteiger partial charge in [-0.1, -0.05) is 0 Å². The van der Waals surface area contributed by atoms with Crippen LogP contribution in [0.2, 0.25) is 0 Å². The molecule has 94 valence electrons. The molecular formula is C14H16N2O2. The summed E-state index contributed by atoms with van der Waals surface area (Å²) in [4.78, 5) is 19.1. The van der Waals surface area contributed by atoms with Crippen molar-refractivity contribution in [2.75, 3.05) is 6.61 Å². The lowest BCUT2D eigenvalue weighted by atomic mass is 10.1. The van der Waals surface area contributed by atoms with E-state index in [0.29, 0.717) is 12.2 Å². The summed E-state index contributed by atoms with van der Waals surface area (Å²) in [6.07, 6.45) is 3.46. The molecule has 0 aliphatic heterocycles. The van der Waals surface area contributed by atoms with Gasteiger partial charge in [-0.25, -0.2) is 4.79 Å². The number of esters is 1. The summed E-state index contributed by atoms with van der Waals surface area (Å²) < 4.78 is 5.07. The first-order valence-electron chi connectivity index (χ1n) is 5.91. The largest absolute Gasteiger partial charge is 0.462 e. The van der Waals surface area contributed by atoms with Crippen LogP contribution in [0.5, 0.6) is 0 Å². The van der Waals surface area contributed by atoms with E-state index in [1.807, 2.05) is 26.0 Å². The highest BCUT2D eigenvalue weighted by atomic mass is 16.5. The Hall–Kier alpha value is -2.10. The van der Waals surface area contributed by atoms with E-state index in [-0.39, 0.29) is 5.97 Å². The Labute approximate surface area is 106 Å². The number of ether oxygens (including phenoxy) is 1. The van der Waals surface area contributed by atoms with E-state index >= 15 is 0 Å². The number of nitrogens with zero attached hydrogens (tertiary/aromatic N) is 1. The number of aromatic amines is 1. The average molecular weight is 244 g/mol. The molecule has 0 unspecified atom stereocenters. The minimum Gasteiger partial charge on any atom is -0.462 e. The van der Waals surface area contributed by atoms with Crippen LogP contribution in [0.25, 0.3) is 11.3 Å². The van der Waals surface area contributed by atoms with Gasteiger partial charge in [-0.3, -0.25) is 4.98 Å². The van der Waals surface area contributed by atoms with Crippen molar-refractivity contribution in [1.82, 2.24) is 9.97 Å². The minimum atomic E-state index is -0.274. The van der Waals surface area contributed by atoms with Crippen LogP contribution in [0, 0.1) is 13.8 Å². The number of aryl methyl sites for hydroxylation is 1. The van der Waals surface area contributed by atoms with E-state index in [9.17, 15) is 4.79 Å². The number of carbonyl (C=O) groups is 1. The molecule has 0 spiro atoms. The van der Waals surface area contributed by atoms with Crippen molar-refractivity contribution in [3.8, 4) is 11.3 Å². The SMILES string of the molecule is CCOC(=O)c1c(C)[nH]c(-c2ccncc2)c1C. The Morgan fingerprint density at radius 1 is 1.33 bits per heavy atom. The Kier molecular flexibility index (Phi) is 3.46. The van der Waals surface area contributed by atoms with Gasteiger partial charge in [-0.2, -0.15) is 0 Å². The molecule has 0 bridgehead atoms. The number of hydrogen-bond acceptors (Lipinski definition) is 3. The molecular weight excluding hydrogens is 228 g/mol. The fourth-order valence-electron chi connectivity index (χ4n) is 2.07. The molecule has 0 amide bonds. The molecule has 4 heteroatoms. The molecule has 1 N–H and O–H groups in total. The molecule has 2 aromatic heterocycles. The summed E-state index contributed by atoms with van der Waals surface area (Å²) in [7, 11) is 0. The number of carbonyl (C=O) groups excluding carboxylic acids is 1. The van der Waals surface area contributed by atoms with Crippen LogP contribution in [0.15, 0.2) is 24.5 Å². The van der Waals surface area contributed by atoms with Crippen LogP contribution in [-0.4, -0.2) is 22.5 Å². The minimum absolute atomic E-state index is 0.274. The van der Waals surface area contributed by atoms with Crippen molar-refractivity contribution in [2.24, 2.45) is 0 Å². The topological polar surface area (TPSA) is 55.0 Å². The Morgan fingerprint density at radius 3 is 2.61 bits per heavy atom. The first-order valence-corrected chi connectivity index (χ1v) is 5.91. The van der Waals surface area contributed by atoms with Crippen LogP contribution < -0.4 is 0 Å². The maximum atomic E-state index is 11.9. The monoisotopic (exact) mass is 244 g/mol. The lowest BCUT2D eigenvalue weighted by Crippen LogP contribution is -2.06. The lowest BCUT2D eigenvalue weighted by Gasteiger charge is -2.03. The fourth-order valence-corrected chi connectivity index (χ4v) is 2.07. The predicted octanol–water partition coefficient (Wildman–Crippen LogP) is 2.87. The number of H-pyrrole nitrogens is 1. The predicted molar refractivity (Wildman–Crippen MR) is 69.5 cm³/mol. The van der Waals surface area contributed by atoms with Gasteiger partial charge >= 0.3 is 5.97 Å². The first-order chi connectivity index (χ1) is 8.65. The summed E-state index contributed by atoms with van der Waals surface area (Å²) in [6, 6.07) is 3.82. The van der Waals surface area contributed by atoms with Crippen LogP contribution in [0.3, 0.4) is 0 Å². The molecule has 0 atom stereocenters. The standard InChI is InChI=1S/C14H16N2O2/c1-4-18-14(17)12-9(2)13(16-10(12)3)11-5-7-15-8-6-11/h5-8,16H,4H2,1-3H3. The quantitative estimate of drug-likeness (QED) is 0.845. The zero-order valence-corrected chi connectivity index (χ0v) is 10.8. The third-order valence-corrected chi connectivity index (χ3v) is 2.89. The molecule has 0 fully saturated rings. The second-order valence-electron chi connectivity index (χ2n) is 4.08. The van der Waals surface area contributed by atoms with Gasteiger partial charge in [0.1, 0.15) is 0 Å². The molecule has 0 aromatic carbocycles. The van der Waals surface area contributed by atoms with E-state index in [1.165, 1.54) is 0 Å². The van der Waals surface area contributed by atoms with Gasteiger partial charge in [0.15, 0.2) is 0 Å². The number of nitrogens with one attached hydrogen (secondary N) is 1. The summed E-state index contributed by atoms with van der Waals surface area (Å²) in [5.41, 5.74) is 4.33. The van der Waals surface area contributed by atoms with Crippen molar-refractivity contribution in [1.29, 1.82) is 0 Å². The van der Waals surface area contributed by atoms with Gasteiger partial charge in [-0.15, -0.1) is 0 Å². The zero-order chi connectivity index (χ0) is 13.1. The number of hydrogen-bond donors (Lipinski definition) is 1. The Balaban J connectivity index is 2.47. The number of pyridine rings is 1. The van der Waals surface area contributed by atoms with Crippen molar-refractivity contribution in [3.63, 3.8) is 0 Å². The molecule has 0 saturated heterocycles. The van der Waals surface area contributed by atoms with Crippen LogP contribution in [-0.2, 0) is 4.74 Å². The Morgan fingerprint density at radius 2 is 2.00 bits per heavy atom. The highest BCUT2D eigenvalue weighted by Crippen LogP contribution is 2.27. The van der Waals surface area contributed by atoms with Crippen LogP contribution in [0.1, 0.15) is 28.5 Å². The van der Waals surface area contributed by atoms with Gasteiger partial charge < -0.3 is 9.72 Å². The van der Waals surface area contributed by atoms with E-state index in [4.69, 9.17) is 4.74 Å².